The quantitative estimate of drug-likeness (QED) is 0.215. The van der Waals surface area contributed by atoms with Gasteiger partial charge in [-0.05, 0) is 49.6 Å². The maximum absolute atomic E-state index is 13.5. The van der Waals surface area contributed by atoms with Crippen molar-refractivity contribution in [1.29, 1.82) is 0 Å². The van der Waals surface area contributed by atoms with Crippen molar-refractivity contribution in [3.8, 4) is 21.7 Å². The number of morpholine rings is 1. The molecule has 1 atom stereocenters. The molecule has 0 saturated carbocycles. The number of likely N-dealkylation sites (tertiary alicyclic amines) is 1. The number of carbonyl (C=O) groups is 2. The summed E-state index contributed by atoms with van der Waals surface area (Å²) in [5.41, 5.74) is -0.539. The molecule has 2 fully saturated rings. The summed E-state index contributed by atoms with van der Waals surface area (Å²) in [5, 5.41) is 16.2. The number of carboxylic acid groups (broad SMARTS) is 1. The van der Waals surface area contributed by atoms with Gasteiger partial charge in [0.25, 0.3) is 0 Å². The number of aromatic nitrogens is 3. The Morgan fingerprint density at radius 3 is 2.59 bits per heavy atom. The Balaban J connectivity index is 1.33. The number of amides is 2. The number of anilines is 1. The highest BCUT2D eigenvalue weighted by atomic mass is 32.1. The van der Waals surface area contributed by atoms with Crippen molar-refractivity contribution in [2.24, 2.45) is 5.92 Å². The van der Waals surface area contributed by atoms with Gasteiger partial charge in [-0.15, -0.1) is 11.3 Å². The Hall–Kier alpha value is -4.38. The minimum Gasteiger partial charge on any atom is -0.477 e. The lowest BCUT2D eigenvalue weighted by atomic mass is 9.99. The number of nitrogens with one attached hydrogen (secondary N) is 2. The monoisotopic (exact) mass is 699 g/mol. The zero-order chi connectivity index (χ0) is 34.7. The Morgan fingerprint density at radius 2 is 1.88 bits per heavy atom. The van der Waals surface area contributed by atoms with E-state index >= 15 is 0 Å². The van der Waals surface area contributed by atoms with Crippen molar-refractivity contribution in [1.82, 2.24) is 29.7 Å². The van der Waals surface area contributed by atoms with Crippen molar-refractivity contribution >= 4 is 40.1 Å². The molecule has 6 rings (SSSR count). The van der Waals surface area contributed by atoms with Gasteiger partial charge in [-0.25, -0.2) is 19.6 Å². The van der Waals surface area contributed by atoms with E-state index in [9.17, 15) is 32.7 Å². The molecule has 0 radical (unpaired) electrons. The van der Waals surface area contributed by atoms with E-state index in [1.54, 1.807) is 25.1 Å². The van der Waals surface area contributed by atoms with Crippen LogP contribution in [-0.4, -0.2) is 100 Å². The molecular weight excluding hydrogens is 663 g/mol. The van der Waals surface area contributed by atoms with Crippen molar-refractivity contribution < 1.29 is 32.6 Å². The Morgan fingerprint density at radius 1 is 1.10 bits per heavy atom. The first kappa shape index (κ1) is 34.5. The summed E-state index contributed by atoms with van der Waals surface area (Å²) in [5.74, 6) is -1.03. The van der Waals surface area contributed by atoms with Gasteiger partial charge in [-0.2, -0.15) is 13.2 Å². The molecule has 3 aromatic heterocycles. The average molecular weight is 700 g/mol. The molecule has 0 bridgehead atoms. The Labute approximate surface area is 283 Å². The van der Waals surface area contributed by atoms with Crippen LogP contribution in [-0.2, 0) is 17.5 Å². The van der Waals surface area contributed by atoms with Gasteiger partial charge in [0.05, 0.1) is 18.7 Å². The lowest BCUT2D eigenvalue weighted by Gasteiger charge is -2.28. The number of pyridine rings is 2. The van der Waals surface area contributed by atoms with Gasteiger partial charge in [0.15, 0.2) is 5.69 Å². The summed E-state index contributed by atoms with van der Waals surface area (Å²) >= 11 is 0.778. The van der Waals surface area contributed by atoms with Crippen LogP contribution in [0.25, 0.3) is 32.6 Å². The SMILES string of the molecule is CCNC(=O)Nc1cc(-c2nc(C(F)(F)F)cs2)c(-c2ccc3c(c2)c(=O)c(C(=O)O)cn3C[C@@H]2CCN(CCN3CCOCC3)C2)cn1. The van der Waals surface area contributed by atoms with Crippen molar-refractivity contribution in [2.45, 2.75) is 26.1 Å². The van der Waals surface area contributed by atoms with Gasteiger partial charge >= 0.3 is 18.2 Å². The summed E-state index contributed by atoms with van der Waals surface area (Å²) in [7, 11) is 0. The Kier molecular flexibility index (Phi) is 10.3. The van der Waals surface area contributed by atoms with E-state index in [2.05, 4.69) is 30.4 Å². The van der Waals surface area contributed by atoms with Gasteiger partial charge in [0, 0.05) is 80.1 Å². The van der Waals surface area contributed by atoms with Crippen LogP contribution < -0.4 is 16.1 Å². The molecule has 0 unspecified atom stereocenters. The molecule has 5 heterocycles. The van der Waals surface area contributed by atoms with Gasteiger partial charge in [0.2, 0.25) is 5.43 Å². The Bertz CT molecular complexity index is 1910. The molecule has 12 nitrogen and oxygen atoms in total. The highest BCUT2D eigenvalue weighted by Crippen LogP contribution is 2.39. The zero-order valence-electron chi connectivity index (χ0n) is 26.8. The summed E-state index contributed by atoms with van der Waals surface area (Å²) in [6.45, 7) is 9.60. The fraction of sp³-hybridized carbons (Fsp3) is 0.424. The normalized spacial score (nSPS) is 17.4. The van der Waals surface area contributed by atoms with E-state index in [0.29, 0.717) is 29.7 Å². The number of halogens is 3. The number of hydrogen-bond acceptors (Lipinski definition) is 9. The number of alkyl halides is 3. The topological polar surface area (TPSA) is 142 Å². The van der Waals surface area contributed by atoms with Crippen LogP contribution in [0.3, 0.4) is 0 Å². The standard InChI is InChI=1S/C33H36F3N7O5S/c1-2-37-32(47)40-28-14-22(30-39-27(19-49-30)33(34,35)36)24(15-38-28)21-3-4-26-23(13-21)29(44)25(31(45)46)18-43(26)17-20-5-6-42(16-20)8-7-41-9-11-48-12-10-41/h3-4,13-15,18-20H,2,5-12,16-17H2,1H3,(H,45,46)(H2,37,38,40,47)/t20-/m1/s1. The molecular formula is C33H36F3N7O5S. The van der Waals surface area contributed by atoms with Crippen LogP contribution in [0.2, 0.25) is 0 Å². The molecule has 4 aromatic rings. The van der Waals surface area contributed by atoms with Crippen LogP contribution in [0, 0.1) is 5.92 Å². The third-order valence-electron chi connectivity index (χ3n) is 8.79. The van der Waals surface area contributed by atoms with E-state index in [0.717, 1.165) is 75.6 Å². The molecule has 2 amide bonds. The molecule has 1 aromatic carbocycles. The first-order valence-electron chi connectivity index (χ1n) is 16.0. The minimum atomic E-state index is -4.66. The smallest absolute Gasteiger partial charge is 0.434 e. The van der Waals surface area contributed by atoms with E-state index in [1.165, 1.54) is 18.5 Å². The summed E-state index contributed by atoms with van der Waals surface area (Å²) in [6.07, 6.45) is -0.955. The van der Waals surface area contributed by atoms with E-state index in [4.69, 9.17) is 4.74 Å². The number of benzene rings is 1. The number of thiazole rings is 1. The van der Waals surface area contributed by atoms with Gasteiger partial charge < -0.3 is 24.6 Å². The highest BCUT2D eigenvalue weighted by Gasteiger charge is 2.34. The van der Waals surface area contributed by atoms with Crippen LogP contribution in [0.5, 0.6) is 0 Å². The molecule has 16 heteroatoms. The molecule has 2 aliphatic heterocycles. The van der Waals surface area contributed by atoms with Crippen LogP contribution >= 0.6 is 11.3 Å². The number of fused-ring (bicyclic) bond motifs is 1. The number of carbonyl (C=O) groups excluding carboxylic acids is 1. The minimum absolute atomic E-state index is 0.0277. The number of hydrogen-bond donors (Lipinski definition) is 3. The first-order chi connectivity index (χ1) is 23.5. The fourth-order valence-corrected chi connectivity index (χ4v) is 7.16. The average Bonchev–Trinajstić information content (AvgIpc) is 3.76. The number of carboxylic acids is 1. The summed E-state index contributed by atoms with van der Waals surface area (Å²) in [4.78, 5) is 50.8. The number of rotatable bonds is 10. The van der Waals surface area contributed by atoms with E-state index < -0.39 is 29.3 Å². The first-order valence-corrected chi connectivity index (χ1v) is 16.9. The molecule has 2 aliphatic rings. The second-order valence-corrected chi connectivity index (χ2v) is 13.0. The fourth-order valence-electron chi connectivity index (χ4n) is 6.30. The molecule has 2 saturated heterocycles. The van der Waals surface area contributed by atoms with Gasteiger partial charge in [0.1, 0.15) is 16.4 Å². The highest BCUT2D eigenvalue weighted by molar-refractivity contribution is 7.13. The summed E-state index contributed by atoms with van der Waals surface area (Å²) < 4.78 is 47.7. The van der Waals surface area contributed by atoms with Crippen molar-refractivity contribution in [2.75, 3.05) is 64.3 Å². The molecule has 49 heavy (non-hydrogen) atoms. The second kappa shape index (κ2) is 14.6. The van der Waals surface area contributed by atoms with E-state index in [-0.39, 0.29) is 33.3 Å². The second-order valence-electron chi connectivity index (χ2n) is 12.1. The molecule has 3 N–H and O–H groups in total. The molecule has 0 aliphatic carbocycles. The predicted molar refractivity (Wildman–Crippen MR) is 179 cm³/mol. The molecule has 0 spiro atoms. The van der Waals surface area contributed by atoms with E-state index in [1.807, 2.05) is 4.57 Å². The predicted octanol–water partition coefficient (Wildman–Crippen LogP) is 4.70. The van der Waals surface area contributed by atoms with Crippen LogP contribution in [0.1, 0.15) is 29.4 Å². The van der Waals surface area contributed by atoms with Crippen molar-refractivity contribution in [3.05, 3.63) is 63.5 Å². The number of aromatic carboxylic acids is 1. The molecule has 260 valence electrons. The van der Waals surface area contributed by atoms with Crippen LogP contribution in [0.15, 0.2) is 46.8 Å². The third-order valence-corrected chi connectivity index (χ3v) is 9.67. The lowest BCUT2D eigenvalue weighted by Crippen LogP contribution is -2.41. The maximum atomic E-state index is 13.5. The maximum Gasteiger partial charge on any atom is 0.434 e. The number of urea groups is 1. The van der Waals surface area contributed by atoms with Crippen LogP contribution in [0.4, 0.5) is 23.8 Å². The number of ether oxygens (including phenoxy) is 1. The third kappa shape index (κ3) is 7.93. The lowest BCUT2D eigenvalue weighted by molar-refractivity contribution is -0.140. The zero-order valence-corrected chi connectivity index (χ0v) is 27.6. The van der Waals surface area contributed by atoms with Gasteiger partial charge in [-0.1, -0.05) is 6.07 Å². The van der Waals surface area contributed by atoms with Crippen molar-refractivity contribution in [3.63, 3.8) is 0 Å². The largest absolute Gasteiger partial charge is 0.477 e. The number of nitrogens with zero attached hydrogens (tertiary/aromatic N) is 5. The van der Waals surface area contributed by atoms with Gasteiger partial charge in [-0.3, -0.25) is 15.0 Å². The summed E-state index contributed by atoms with van der Waals surface area (Å²) in [6, 6.07) is 5.86.